The summed E-state index contributed by atoms with van der Waals surface area (Å²) in [6.45, 7) is 3.18. The molecule has 0 saturated heterocycles. The van der Waals surface area contributed by atoms with E-state index in [1.807, 2.05) is 13.8 Å². The molecular formula is C32H37Cl2N3O5S. The van der Waals surface area contributed by atoms with Crippen LogP contribution in [0.2, 0.25) is 10.0 Å². The van der Waals surface area contributed by atoms with E-state index < -0.39 is 28.5 Å². The number of halogens is 2. The first-order chi connectivity index (χ1) is 20.5. The van der Waals surface area contributed by atoms with E-state index in [1.54, 1.807) is 54.6 Å². The maximum atomic E-state index is 14.2. The fraction of sp³-hybridized carbons (Fsp3) is 0.375. The van der Waals surface area contributed by atoms with Crippen LogP contribution >= 0.6 is 23.2 Å². The number of carbonyl (C=O) groups is 2. The maximum absolute atomic E-state index is 14.2. The van der Waals surface area contributed by atoms with Gasteiger partial charge in [-0.05, 0) is 80.3 Å². The topological polar surface area (TPSA) is 96.0 Å². The van der Waals surface area contributed by atoms with Gasteiger partial charge in [-0.2, -0.15) is 0 Å². The summed E-state index contributed by atoms with van der Waals surface area (Å²) in [6, 6.07) is 17.0. The van der Waals surface area contributed by atoms with Gasteiger partial charge in [0.05, 0.1) is 17.7 Å². The Morgan fingerprint density at radius 3 is 2.23 bits per heavy atom. The summed E-state index contributed by atoms with van der Waals surface area (Å²) >= 11 is 12.6. The second-order valence-corrected chi connectivity index (χ2v) is 13.4. The molecule has 0 unspecified atom stereocenters. The molecule has 3 aromatic rings. The Morgan fingerprint density at radius 2 is 1.65 bits per heavy atom. The first-order valence-corrected chi connectivity index (χ1v) is 16.5. The first-order valence-electron chi connectivity index (χ1n) is 14.3. The molecule has 0 aliphatic heterocycles. The standard InChI is InChI=1S/C32H37Cl2N3O5S/c1-4-30(32(39)35-25-7-5-6-8-25)36(20-23-11-12-24(33)19-29(23)34)31(38)21-37(26-13-9-22(2)10-14-26)43(40,41)28-17-15-27(42-3)16-18-28/h9-19,25,30H,4-8,20-21H2,1-3H3,(H,35,39)/t30-/m0/s1. The SMILES string of the molecule is CC[C@@H](C(=O)NC1CCCC1)N(Cc1ccc(Cl)cc1Cl)C(=O)CN(c1ccc(C)cc1)S(=O)(=O)c1ccc(OC)cc1. The zero-order chi connectivity index (χ0) is 31.1. The lowest BCUT2D eigenvalue weighted by molar-refractivity contribution is -0.140. The normalized spacial score (nSPS) is 14.3. The smallest absolute Gasteiger partial charge is 0.264 e. The van der Waals surface area contributed by atoms with Gasteiger partial charge in [0.25, 0.3) is 10.0 Å². The lowest BCUT2D eigenvalue weighted by Crippen LogP contribution is -2.53. The lowest BCUT2D eigenvalue weighted by atomic mass is 10.1. The van der Waals surface area contributed by atoms with E-state index in [2.05, 4.69) is 5.32 Å². The van der Waals surface area contributed by atoms with E-state index in [1.165, 1.54) is 24.1 Å². The Morgan fingerprint density at radius 1 is 1.00 bits per heavy atom. The van der Waals surface area contributed by atoms with Crippen LogP contribution in [0.1, 0.15) is 50.2 Å². The highest BCUT2D eigenvalue weighted by atomic mass is 35.5. The molecule has 2 amide bonds. The zero-order valence-electron chi connectivity index (χ0n) is 24.6. The molecule has 1 N–H and O–H groups in total. The van der Waals surface area contributed by atoms with Gasteiger partial charge < -0.3 is 15.0 Å². The van der Waals surface area contributed by atoms with Gasteiger partial charge in [0.2, 0.25) is 11.8 Å². The Kier molecular flexibility index (Phi) is 11.0. The van der Waals surface area contributed by atoms with Gasteiger partial charge in [0, 0.05) is 22.6 Å². The van der Waals surface area contributed by atoms with Gasteiger partial charge in [-0.3, -0.25) is 13.9 Å². The molecule has 0 heterocycles. The Balaban J connectivity index is 1.73. The van der Waals surface area contributed by atoms with Gasteiger partial charge in [0.15, 0.2) is 0 Å². The van der Waals surface area contributed by atoms with Crippen LogP contribution in [-0.2, 0) is 26.2 Å². The number of nitrogens with one attached hydrogen (secondary N) is 1. The first kappa shape index (κ1) is 32.6. The number of carbonyl (C=O) groups excluding carboxylic acids is 2. The average molecular weight is 647 g/mol. The molecule has 43 heavy (non-hydrogen) atoms. The van der Waals surface area contributed by atoms with Crippen LogP contribution in [0, 0.1) is 6.92 Å². The summed E-state index contributed by atoms with van der Waals surface area (Å²) in [7, 11) is -2.70. The highest BCUT2D eigenvalue weighted by molar-refractivity contribution is 7.92. The quantitative estimate of drug-likeness (QED) is 0.247. The van der Waals surface area contributed by atoms with Gasteiger partial charge in [-0.1, -0.05) is 66.7 Å². The number of benzene rings is 3. The fourth-order valence-electron chi connectivity index (χ4n) is 5.24. The minimum absolute atomic E-state index is 0.0000105. The van der Waals surface area contributed by atoms with Gasteiger partial charge >= 0.3 is 0 Å². The Hall–Kier alpha value is -3.27. The number of ether oxygens (including phenoxy) is 1. The van der Waals surface area contributed by atoms with E-state index in [-0.39, 0.29) is 23.4 Å². The molecule has 0 aromatic heterocycles. The van der Waals surface area contributed by atoms with Crippen LogP contribution in [0.25, 0.3) is 0 Å². The minimum atomic E-state index is -4.19. The van der Waals surface area contributed by atoms with Gasteiger partial charge in [-0.15, -0.1) is 0 Å². The lowest BCUT2D eigenvalue weighted by Gasteiger charge is -2.34. The van der Waals surface area contributed by atoms with Crippen LogP contribution < -0.4 is 14.4 Å². The van der Waals surface area contributed by atoms with Crippen molar-refractivity contribution in [2.45, 2.75) is 69.5 Å². The molecule has 1 fully saturated rings. The molecule has 1 aliphatic rings. The number of anilines is 1. The van der Waals surface area contributed by atoms with Crippen molar-refractivity contribution in [2.75, 3.05) is 18.0 Å². The third kappa shape index (κ3) is 8.02. The second kappa shape index (κ2) is 14.5. The maximum Gasteiger partial charge on any atom is 0.264 e. The second-order valence-electron chi connectivity index (χ2n) is 10.7. The van der Waals surface area contributed by atoms with Crippen molar-refractivity contribution in [3.05, 3.63) is 87.9 Å². The van der Waals surface area contributed by atoms with Crippen LogP contribution in [0.3, 0.4) is 0 Å². The molecule has 230 valence electrons. The number of hydrogen-bond donors (Lipinski definition) is 1. The highest BCUT2D eigenvalue weighted by Crippen LogP contribution is 2.28. The Bertz CT molecular complexity index is 1530. The zero-order valence-corrected chi connectivity index (χ0v) is 26.9. The third-order valence-corrected chi connectivity index (χ3v) is 10.1. The molecule has 1 aliphatic carbocycles. The van der Waals surface area contributed by atoms with Crippen LogP contribution in [0.15, 0.2) is 71.6 Å². The summed E-state index contributed by atoms with van der Waals surface area (Å²) in [5.74, 6) is -0.313. The molecule has 11 heteroatoms. The van der Waals surface area contributed by atoms with E-state index in [0.29, 0.717) is 33.5 Å². The molecule has 4 rings (SSSR count). The highest BCUT2D eigenvalue weighted by Gasteiger charge is 2.35. The van der Waals surface area contributed by atoms with Crippen molar-refractivity contribution < 1.29 is 22.7 Å². The summed E-state index contributed by atoms with van der Waals surface area (Å²) in [6.07, 6.45) is 4.19. The van der Waals surface area contributed by atoms with Crippen molar-refractivity contribution in [1.29, 1.82) is 0 Å². The molecule has 8 nitrogen and oxygen atoms in total. The number of nitrogens with zero attached hydrogens (tertiary/aromatic N) is 2. The summed E-state index contributed by atoms with van der Waals surface area (Å²) in [5, 5.41) is 3.89. The number of sulfonamides is 1. The summed E-state index contributed by atoms with van der Waals surface area (Å²) in [5.41, 5.74) is 1.85. The van der Waals surface area contributed by atoms with Crippen molar-refractivity contribution in [1.82, 2.24) is 10.2 Å². The largest absolute Gasteiger partial charge is 0.497 e. The van der Waals surface area contributed by atoms with Crippen LogP contribution in [0.4, 0.5) is 5.69 Å². The third-order valence-electron chi connectivity index (χ3n) is 7.69. The summed E-state index contributed by atoms with van der Waals surface area (Å²) in [4.78, 5) is 29.2. The van der Waals surface area contributed by atoms with Crippen molar-refractivity contribution in [3.63, 3.8) is 0 Å². The van der Waals surface area contributed by atoms with Gasteiger partial charge in [-0.25, -0.2) is 8.42 Å². The molecule has 0 bridgehead atoms. The number of amides is 2. The van der Waals surface area contributed by atoms with Gasteiger partial charge in [0.1, 0.15) is 18.3 Å². The number of hydrogen-bond acceptors (Lipinski definition) is 5. The minimum Gasteiger partial charge on any atom is -0.497 e. The summed E-state index contributed by atoms with van der Waals surface area (Å²) < 4.78 is 34.3. The van der Waals surface area contributed by atoms with E-state index in [4.69, 9.17) is 27.9 Å². The molecule has 0 radical (unpaired) electrons. The fourth-order valence-corrected chi connectivity index (χ4v) is 7.12. The van der Waals surface area contributed by atoms with Crippen molar-refractivity contribution in [2.24, 2.45) is 0 Å². The monoisotopic (exact) mass is 645 g/mol. The van der Waals surface area contributed by atoms with E-state index >= 15 is 0 Å². The molecule has 1 saturated carbocycles. The number of aryl methyl sites for hydroxylation is 1. The van der Waals surface area contributed by atoms with E-state index in [0.717, 1.165) is 35.6 Å². The molecule has 3 aromatic carbocycles. The van der Waals surface area contributed by atoms with Crippen LogP contribution in [-0.4, -0.2) is 50.9 Å². The predicted octanol–water partition coefficient (Wildman–Crippen LogP) is 6.37. The average Bonchev–Trinajstić information content (AvgIpc) is 3.50. The predicted molar refractivity (Wildman–Crippen MR) is 170 cm³/mol. The van der Waals surface area contributed by atoms with Crippen molar-refractivity contribution in [3.8, 4) is 5.75 Å². The number of rotatable bonds is 12. The van der Waals surface area contributed by atoms with Crippen molar-refractivity contribution >= 4 is 50.7 Å². The van der Waals surface area contributed by atoms with E-state index in [9.17, 15) is 18.0 Å². The van der Waals surface area contributed by atoms with Crippen LogP contribution in [0.5, 0.6) is 5.75 Å². The molecule has 0 spiro atoms. The molecule has 1 atom stereocenters. The Labute approximate surface area is 264 Å². The molecular weight excluding hydrogens is 609 g/mol. The number of methoxy groups -OCH3 is 1.